The maximum atomic E-state index is 10.6. The van der Waals surface area contributed by atoms with Crippen LogP contribution in [0, 0.1) is 16.0 Å². The Morgan fingerprint density at radius 2 is 2.28 bits per heavy atom. The highest BCUT2D eigenvalue weighted by molar-refractivity contribution is 9.10. The fourth-order valence-electron chi connectivity index (χ4n) is 1.58. The summed E-state index contributed by atoms with van der Waals surface area (Å²) >= 11 is 3.23. The lowest BCUT2D eigenvalue weighted by Gasteiger charge is -2.19. The number of nitrogens with zero attached hydrogens (tertiary/aromatic N) is 2. The molecule has 0 radical (unpaired) electrons. The van der Waals surface area contributed by atoms with Crippen LogP contribution in [0.1, 0.15) is 20.3 Å². The second kappa shape index (κ2) is 6.65. The highest BCUT2D eigenvalue weighted by Gasteiger charge is 2.14. The number of nitro groups is 1. The number of aliphatic hydroxyl groups excluding tert-OH is 1. The molecule has 1 aromatic heterocycles. The fourth-order valence-corrected chi connectivity index (χ4v) is 2.03. The minimum atomic E-state index is -0.501. The van der Waals surface area contributed by atoms with Gasteiger partial charge in [0.2, 0.25) is 0 Å². The maximum absolute atomic E-state index is 10.6. The fraction of sp³-hybridized carbons (Fsp3) is 0.545. The van der Waals surface area contributed by atoms with Crippen LogP contribution in [0.25, 0.3) is 0 Å². The van der Waals surface area contributed by atoms with Gasteiger partial charge in [-0.05, 0) is 28.3 Å². The topological polar surface area (TPSA) is 88.3 Å². The third kappa shape index (κ3) is 4.23. The lowest BCUT2D eigenvalue weighted by molar-refractivity contribution is -0.385. The average molecular weight is 318 g/mol. The molecule has 0 aliphatic carbocycles. The Morgan fingerprint density at radius 3 is 2.72 bits per heavy atom. The van der Waals surface area contributed by atoms with Gasteiger partial charge in [0, 0.05) is 6.07 Å². The van der Waals surface area contributed by atoms with Crippen LogP contribution in [0.4, 0.5) is 11.5 Å². The summed E-state index contributed by atoms with van der Waals surface area (Å²) in [5, 5.41) is 22.9. The summed E-state index contributed by atoms with van der Waals surface area (Å²) < 4.78 is 0.513. The number of hydrogen-bond donors (Lipinski definition) is 2. The first kappa shape index (κ1) is 14.8. The Labute approximate surface area is 114 Å². The molecule has 1 aromatic rings. The molecule has 0 amide bonds. The molecule has 1 heterocycles. The van der Waals surface area contributed by atoms with Gasteiger partial charge in [-0.3, -0.25) is 10.1 Å². The minimum absolute atomic E-state index is 0.0106. The van der Waals surface area contributed by atoms with E-state index in [0.717, 1.165) is 6.42 Å². The van der Waals surface area contributed by atoms with E-state index in [-0.39, 0.29) is 18.3 Å². The molecule has 0 saturated carbocycles. The molecular weight excluding hydrogens is 302 g/mol. The molecule has 0 bridgehead atoms. The standard InChI is InChI=1S/C11H16BrN3O3/c1-7(2)3-8(6-16)14-11-10(12)4-9(5-13-11)15(17)18/h4-5,7-8,16H,3,6H2,1-2H3,(H,13,14). The summed E-state index contributed by atoms with van der Waals surface area (Å²) in [5.74, 6) is 0.937. The Bertz CT molecular complexity index is 426. The van der Waals surface area contributed by atoms with Crippen LogP contribution < -0.4 is 5.32 Å². The van der Waals surface area contributed by atoms with Crippen LogP contribution in [0.2, 0.25) is 0 Å². The summed E-state index contributed by atoms with van der Waals surface area (Å²) in [6.07, 6.45) is 1.98. The second-order valence-electron chi connectivity index (χ2n) is 4.43. The van der Waals surface area contributed by atoms with Crippen molar-refractivity contribution in [2.24, 2.45) is 5.92 Å². The number of halogens is 1. The van der Waals surface area contributed by atoms with Crippen molar-refractivity contribution < 1.29 is 10.0 Å². The van der Waals surface area contributed by atoms with Crippen molar-refractivity contribution in [2.45, 2.75) is 26.3 Å². The summed E-state index contributed by atoms with van der Waals surface area (Å²) in [6.45, 7) is 4.11. The first-order chi connectivity index (χ1) is 8.43. The molecule has 0 spiro atoms. The molecule has 2 N–H and O–H groups in total. The second-order valence-corrected chi connectivity index (χ2v) is 5.29. The minimum Gasteiger partial charge on any atom is -0.394 e. The first-order valence-electron chi connectivity index (χ1n) is 5.61. The number of pyridine rings is 1. The average Bonchev–Trinajstić information content (AvgIpc) is 2.29. The predicted molar refractivity (Wildman–Crippen MR) is 72.5 cm³/mol. The number of nitrogens with one attached hydrogen (secondary N) is 1. The summed E-state index contributed by atoms with van der Waals surface area (Å²) in [7, 11) is 0. The van der Waals surface area contributed by atoms with Gasteiger partial charge in [0.25, 0.3) is 5.69 Å². The summed E-state index contributed by atoms with van der Waals surface area (Å²) in [4.78, 5) is 14.1. The van der Waals surface area contributed by atoms with Crippen LogP contribution in [0.5, 0.6) is 0 Å². The van der Waals surface area contributed by atoms with Gasteiger partial charge < -0.3 is 10.4 Å². The SMILES string of the molecule is CC(C)CC(CO)Nc1ncc([N+](=O)[O-])cc1Br. The Balaban J connectivity index is 2.80. The first-order valence-corrected chi connectivity index (χ1v) is 6.40. The quantitative estimate of drug-likeness (QED) is 0.622. The van der Waals surface area contributed by atoms with E-state index in [0.29, 0.717) is 16.2 Å². The molecule has 1 atom stereocenters. The smallest absolute Gasteiger partial charge is 0.288 e. The van der Waals surface area contributed by atoms with Crippen molar-refractivity contribution in [3.05, 3.63) is 26.9 Å². The van der Waals surface area contributed by atoms with E-state index in [4.69, 9.17) is 0 Å². The normalized spacial score (nSPS) is 12.5. The zero-order chi connectivity index (χ0) is 13.7. The van der Waals surface area contributed by atoms with Crippen molar-refractivity contribution in [1.82, 2.24) is 4.98 Å². The third-order valence-corrected chi connectivity index (χ3v) is 2.96. The molecule has 100 valence electrons. The summed E-state index contributed by atoms with van der Waals surface area (Å²) in [5.41, 5.74) is -0.0724. The molecule has 1 unspecified atom stereocenters. The van der Waals surface area contributed by atoms with Crippen molar-refractivity contribution in [3.63, 3.8) is 0 Å². The highest BCUT2D eigenvalue weighted by Crippen LogP contribution is 2.25. The number of hydrogen-bond acceptors (Lipinski definition) is 5. The molecule has 0 aliphatic rings. The molecule has 6 nitrogen and oxygen atoms in total. The van der Waals surface area contributed by atoms with Crippen LogP contribution >= 0.6 is 15.9 Å². The molecule has 7 heteroatoms. The van der Waals surface area contributed by atoms with Gasteiger partial charge in [-0.2, -0.15) is 0 Å². The van der Waals surface area contributed by atoms with Gasteiger partial charge in [0.15, 0.2) is 0 Å². The van der Waals surface area contributed by atoms with Crippen LogP contribution in [-0.4, -0.2) is 27.7 Å². The number of anilines is 1. The molecule has 18 heavy (non-hydrogen) atoms. The van der Waals surface area contributed by atoms with Crippen molar-refractivity contribution in [3.8, 4) is 0 Å². The molecule has 0 aromatic carbocycles. The van der Waals surface area contributed by atoms with Gasteiger partial charge in [0.05, 0.1) is 22.0 Å². The Kier molecular flexibility index (Phi) is 5.49. The van der Waals surface area contributed by atoms with Gasteiger partial charge in [0.1, 0.15) is 12.0 Å². The van der Waals surface area contributed by atoms with Crippen LogP contribution in [-0.2, 0) is 0 Å². The van der Waals surface area contributed by atoms with Gasteiger partial charge in [-0.15, -0.1) is 0 Å². The van der Waals surface area contributed by atoms with E-state index in [1.807, 2.05) is 0 Å². The van der Waals surface area contributed by atoms with E-state index in [1.165, 1.54) is 12.3 Å². The monoisotopic (exact) mass is 317 g/mol. The zero-order valence-electron chi connectivity index (χ0n) is 10.3. The van der Waals surface area contributed by atoms with Gasteiger partial charge in [-0.25, -0.2) is 4.98 Å². The number of aliphatic hydroxyl groups is 1. The van der Waals surface area contributed by atoms with Crippen LogP contribution in [0.3, 0.4) is 0 Å². The lowest BCUT2D eigenvalue weighted by atomic mass is 10.0. The third-order valence-electron chi connectivity index (χ3n) is 2.35. The van der Waals surface area contributed by atoms with Gasteiger partial charge >= 0.3 is 0 Å². The van der Waals surface area contributed by atoms with Crippen molar-refractivity contribution in [2.75, 3.05) is 11.9 Å². The van der Waals surface area contributed by atoms with Crippen LogP contribution in [0.15, 0.2) is 16.7 Å². The Hall–Kier alpha value is -1.21. The van der Waals surface area contributed by atoms with E-state index < -0.39 is 4.92 Å². The molecule has 0 fully saturated rings. The molecule has 1 rings (SSSR count). The van der Waals surface area contributed by atoms with E-state index in [2.05, 4.69) is 40.1 Å². The van der Waals surface area contributed by atoms with E-state index in [1.54, 1.807) is 0 Å². The van der Waals surface area contributed by atoms with Crippen molar-refractivity contribution >= 4 is 27.4 Å². The largest absolute Gasteiger partial charge is 0.394 e. The highest BCUT2D eigenvalue weighted by atomic mass is 79.9. The number of aromatic nitrogens is 1. The number of rotatable bonds is 6. The molecule has 0 saturated heterocycles. The van der Waals surface area contributed by atoms with E-state index in [9.17, 15) is 15.2 Å². The van der Waals surface area contributed by atoms with Gasteiger partial charge in [-0.1, -0.05) is 13.8 Å². The van der Waals surface area contributed by atoms with Crippen molar-refractivity contribution in [1.29, 1.82) is 0 Å². The predicted octanol–water partition coefficient (Wildman–Crippen LogP) is 2.57. The molecular formula is C11H16BrN3O3. The zero-order valence-corrected chi connectivity index (χ0v) is 11.8. The summed E-state index contributed by atoms with van der Waals surface area (Å²) in [6, 6.07) is 1.27. The lowest BCUT2D eigenvalue weighted by Crippen LogP contribution is -2.26. The Morgan fingerprint density at radius 1 is 1.61 bits per heavy atom. The maximum Gasteiger partial charge on any atom is 0.288 e. The van der Waals surface area contributed by atoms with E-state index >= 15 is 0 Å². The molecule has 0 aliphatic heterocycles.